The molecule has 0 spiro atoms. The molecule has 0 amide bonds. The van der Waals surface area contributed by atoms with Crippen molar-refractivity contribution < 1.29 is 4.42 Å². The first-order valence-corrected chi connectivity index (χ1v) is 4.55. The first kappa shape index (κ1) is 8.60. The Labute approximate surface area is 81.3 Å². The molecule has 0 aliphatic carbocycles. The minimum Gasteiger partial charge on any atom is -0.445 e. The molecule has 0 saturated heterocycles. The quantitative estimate of drug-likeness (QED) is 0.800. The van der Waals surface area contributed by atoms with Crippen molar-refractivity contribution in [3.8, 4) is 0 Å². The molecule has 1 aromatic heterocycles. The van der Waals surface area contributed by atoms with Crippen LogP contribution in [0, 0.1) is 0 Å². The van der Waals surface area contributed by atoms with Crippen LogP contribution in [0.4, 0.5) is 0 Å². The van der Waals surface area contributed by atoms with Gasteiger partial charge in [0, 0.05) is 11.5 Å². The van der Waals surface area contributed by atoms with Gasteiger partial charge in [0.25, 0.3) is 0 Å². The molecular formula is C10H10ClNO. The molecule has 2 N–H and O–H groups in total. The van der Waals surface area contributed by atoms with Crippen molar-refractivity contribution in [3.05, 3.63) is 35.0 Å². The van der Waals surface area contributed by atoms with E-state index in [0.717, 1.165) is 17.4 Å². The van der Waals surface area contributed by atoms with E-state index in [1.165, 1.54) is 5.56 Å². The Hall–Kier alpha value is -0.990. The van der Waals surface area contributed by atoms with Crippen molar-refractivity contribution >= 4 is 22.6 Å². The molecule has 13 heavy (non-hydrogen) atoms. The zero-order chi connectivity index (χ0) is 9.26. The standard InChI is InChI=1S/C10H10ClNO/c11-10-6-8-5-7(3-4-12)1-2-9(8)13-10/h1-2,5-6H,3-4,12H2. The molecule has 0 aliphatic heterocycles. The number of rotatable bonds is 2. The number of nitrogens with two attached hydrogens (primary N) is 1. The fraction of sp³-hybridized carbons (Fsp3) is 0.200. The third-order valence-electron chi connectivity index (χ3n) is 1.98. The number of furan rings is 1. The SMILES string of the molecule is NCCc1ccc2oc(Cl)cc2c1. The lowest BCUT2D eigenvalue weighted by molar-refractivity contribution is 0.618. The summed E-state index contributed by atoms with van der Waals surface area (Å²) in [7, 11) is 0. The van der Waals surface area contributed by atoms with Crippen LogP contribution in [0.15, 0.2) is 28.7 Å². The van der Waals surface area contributed by atoms with Gasteiger partial charge in [-0.05, 0) is 42.3 Å². The average Bonchev–Trinajstić information content (AvgIpc) is 2.44. The second-order valence-corrected chi connectivity index (χ2v) is 3.33. The van der Waals surface area contributed by atoms with Crippen LogP contribution in [-0.4, -0.2) is 6.54 Å². The van der Waals surface area contributed by atoms with Crippen LogP contribution >= 0.6 is 11.6 Å². The Morgan fingerprint density at radius 1 is 1.31 bits per heavy atom. The van der Waals surface area contributed by atoms with E-state index < -0.39 is 0 Å². The molecule has 68 valence electrons. The topological polar surface area (TPSA) is 39.2 Å². The summed E-state index contributed by atoms with van der Waals surface area (Å²) >= 11 is 5.72. The maximum absolute atomic E-state index is 5.72. The molecule has 2 rings (SSSR count). The second-order valence-electron chi connectivity index (χ2n) is 2.96. The minimum absolute atomic E-state index is 0.430. The molecule has 0 unspecified atom stereocenters. The average molecular weight is 196 g/mol. The number of benzene rings is 1. The summed E-state index contributed by atoms with van der Waals surface area (Å²) in [5.41, 5.74) is 7.50. The summed E-state index contributed by atoms with van der Waals surface area (Å²) in [5, 5.41) is 1.47. The number of hydrogen-bond acceptors (Lipinski definition) is 2. The molecule has 0 atom stereocenters. The van der Waals surface area contributed by atoms with Gasteiger partial charge in [-0.15, -0.1) is 0 Å². The Balaban J connectivity index is 2.48. The van der Waals surface area contributed by atoms with E-state index in [1.807, 2.05) is 18.2 Å². The van der Waals surface area contributed by atoms with E-state index in [4.69, 9.17) is 21.8 Å². The van der Waals surface area contributed by atoms with E-state index in [2.05, 4.69) is 6.07 Å². The van der Waals surface area contributed by atoms with Gasteiger partial charge in [0.2, 0.25) is 0 Å². The lowest BCUT2D eigenvalue weighted by Gasteiger charge is -1.96. The van der Waals surface area contributed by atoms with Crippen LogP contribution in [0.25, 0.3) is 11.0 Å². The smallest absolute Gasteiger partial charge is 0.194 e. The van der Waals surface area contributed by atoms with E-state index in [0.29, 0.717) is 11.8 Å². The van der Waals surface area contributed by atoms with Crippen LogP contribution < -0.4 is 5.73 Å². The Morgan fingerprint density at radius 2 is 2.15 bits per heavy atom. The molecular weight excluding hydrogens is 186 g/mol. The van der Waals surface area contributed by atoms with Crippen molar-refractivity contribution in [2.45, 2.75) is 6.42 Å². The highest BCUT2D eigenvalue weighted by Gasteiger charge is 2.01. The van der Waals surface area contributed by atoms with Crippen LogP contribution in [-0.2, 0) is 6.42 Å². The van der Waals surface area contributed by atoms with Gasteiger partial charge in [0.1, 0.15) is 5.58 Å². The van der Waals surface area contributed by atoms with Gasteiger partial charge >= 0.3 is 0 Å². The second kappa shape index (κ2) is 3.40. The molecule has 2 nitrogen and oxygen atoms in total. The fourth-order valence-electron chi connectivity index (χ4n) is 1.38. The Bertz CT molecular complexity index is 422. The first-order valence-electron chi connectivity index (χ1n) is 4.17. The summed E-state index contributed by atoms with van der Waals surface area (Å²) in [5.74, 6) is 0. The molecule has 0 saturated carbocycles. The van der Waals surface area contributed by atoms with Crippen molar-refractivity contribution in [1.82, 2.24) is 0 Å². The monoisotopic (exact) mass is 195 g/mol. The van der Waals surface area contributed by atoms with Gasteiger partial charge in [-0.1, -0.05) is 6.07 Å². The van der Waals surface area contributed by atoms with E-state index in [9.17, 15) is 0 Å². The van der Waals surface area contributed by atoms with Crippen LogP contribution in [0.1, 0.15) is 5.56 Å². The van der Waals surface area contributed by atoms with Crippen molar-refractivity contribution in [2.75, 3.05) is 6.54 Å². The largest absolute Gasteiger partial charge is 0.445 e. The molecule has 0 radical (unpaired) electrons. The highest BCUT2D eigenvalue weighted by Crippen LogP contribution is 2.23. The molecule has 0 bridgehead atoms. The summed E-state index contributed by atoms with van der Waals surface area (Å²) in [4.78, 5) is 0. The highest BCUT2D eigenvalue weighted by molar-refractivity contribution is 6.29. The number of fused-ring (bicyclic) bond motifs is 1. The van der Waals surface area contributed by atoms with Crippen LogP contribution in [0.3, 0.4) is 0 Å². The van der Waals surface area contributed by atoms with Crippen LogP contribution in [0.5, 0.6) is 0 Å². The first-order chi connectivity index (χ1) is 6.29. The lowest BCUT2D eigenvalue weighted by Crippen LogP contribution is -2.02. The molecule has 0 fully saturated rings. The van der Waals surface area contributed by atoms with Gasteiger partial charge in [-0.3, -0.25) is 0 Å². The molecule has 0 aliphatic rings. The summed E-state index contributed by atoms with van der Waals surface area (Å²) in [6.45, 7) is 0.664. The zero-order valence-electron chi connectivity index (χ0n) is 7.09. The Morgan fingerprint density at radius 3 is 2.92 bits per heavy atom. The normalized spacial score (nSPS) is 10.9. The van der Waals surface area contributed by atoms with Gasteiger partial charge in [-0.2, -0.15) is 0 Å². The van der Waals surface area contributed by atoms with E-state index in [-0.39, 0.29) is 0 Å². The van der Waals surface area contributed by atoms with E-state index >= 15 is 0 Å². The third kappa shape index (κ3) is 1.69. The number of halogens is 1. The van der Waals surface area contributed by atoms with Crippen molar-refractivity contribution in [1.29, 1.82) is 0 Å². The molecule has 1 aromatic carbocycles. The van der Waals surface area contributed by atoms with Gasteiger partial charge < -0.3 is 10.2 Å². The van der Waals surface area contributed by atoms with Gasteiger partial charge in [0.05, 0.1) is 0 Å². The van der Waals surface area contributed by atoms with Crippen molar-refractivity contribution in [2.24, 2.45) is 5.73 Å². The summed E-state index contributed by atoms with van der Waals surface area (Å²) in [6, 6.07) is 7.80. The maximum Gasteiger partial charge on any atom is 0.194 e. The van der Waals surface area contributed by atoms with E-state index in [1.54, 1.807) is 0 Å². The summed E-state index contributed by atoms with van der Waals surface area (Å²) in [6.07, 6.45) is 0.888. The molecule has 2 aromatic rings. The van der Waals surface area contributed by atoms with Gasteiger partial charge in [-0.25, -0.2) is 0 Å². The molecule has 1 heterocycles. The fourth-order valence-corrected chi connectivity index (χ4v) is 1.58. The molecule has 3 heteroatoms. The minimum atomic E-state index is 0.430. The van der Waals surface area contributed by atoms with Crippen LogP contribution in [0.2, 0.25) is 5.22 Å². The Kier molecular flexibility index (Phi) is 2.25. The predicted octanol–water partition coefficient (Wildman–Crippen LogP) is 2.59. The van der Waals surface area contributed by atoms with Crippen molar-refractivity contribution in [3.63, 3.8) is 0 Å². The zero-order valence-corrected chi connectivity index (χ0v) is 7.84. The third-order valence-corrected chi connectivity index (χ3v) is 2.17. The van der Waals surface area contributed by atoms with Gasteiger partial charge in [0.15, 0.2) is 5.22 Å². The number of hydrogen-bond donors (Lipinski definition) is 1. The highest BCUT2D eigenvalue weighted by atomic mass is 35.5. The predicted molar refractivity (Wildman–Crippen MR) is 54.0 cm³/mol. The lowest BCUT2D eigenvalue weighted by atomic mass is 10.1. The summed E-state index contributed by atoms with van der Waals surface area (Å²) < 4.78 is 5.24. The maximum atomic E-state index is 5.72.